The summed E-state index contributed by atoms with van der Waals surface area (Å²) in [5.74, 6) is -1.63. The van der Waals surface area contributed by atoms with Crippen LogP contribution in [0.2, 0.25) is 0 Å². The average molecular weight is 251 g/mol. The van der Waals surface area contributed by atoms with Gasteiger partial charge in [0.05, 0.1) is 7.11 Å². The van der Waals surface area contributed by atoms with Gasteiger partial charge in [-0.05, 0) is 24.1 Å². The fourth-order valence-electron chi connectivity index (χ4n) is 1.06. The maximum atomic E-state index is 13.1. The van der Waals surface area contributed by atoms with E-state index >= 15 is 0 Å². The molecule has 0 saturated heterocycles. The van der Waals surface area contributed by atoms with Crippen molar-refractivity contribution in [3.8, 4) is 5.75 Å². The lowest BCUT2D eigenvalue weighted by Crippen LogP contribution is -1.96. The highest BCUT2D eigenvalue weighted by molar-refractivity contribution is 9.09. The van der Waals surface area contributed by atoms with Crippen LogP contribution in [-0.2, 0) is 6.42 Å². The van der Waals surface area contributed by atoms with Gasteiger partial charge in [-0.15, -0.1) is 0 Å². The zero-order valence-electron chi connectivity index (χ0n) is 7.11. The first-order chi connectivity index (χ1) is 6.19. The van der Waals surface area contributed by atoms with Gasteiger partial charge in [0.15, 0.2) is 17.4 Å². The number of halogens is 3. The Labute approximate surface area is 83.8 Å². The van der Waals surface area contributed by atoms with Gasteiger partial charge in [0.25, 0.3) is 0 Å². The minimum Gasteiger partial charge on any atom is -0.491 e. The molecule has 0 heterocycles. The molecule has 1 aromatic rings. The summed E-state index contributed by atoms with van der Waals surface area (Å²) < 4.78 is 30.7. The third-order valence-electron chi connectivity index (χ3n) is 1.65. The van der Waals surface area contributed by atoms with Crippen molar-refractivity contribution in [1.82, 2.24) is 0 Å². The van der Waals surface area contributed by atoms with Crippen LogP contribution in [0, 0.1) is 11.6 Å². The summed E-state index contributed by atoms with van der Waals surface area (Å²) in [4.78, 5) is 0. The van der Waals surface area contributed by atoms with Gasteiger partial charge in [0.2, 0.25) is 0 Å². The molecule has 1 nitrogen and oxygen atoms in total. The van der Waals surface area contributed by atoms with Crippen LogP contribution in [0.15, 0.2) is 12.1 Å². The molecule has 0 aromatic heterocycles. The molecule has 0 spiro atoms. The van der Waals surface area contributed by atoms with E-state index in [9.17, 15) is 8.78 Å². The van der Waals surface area contributed by atoms with Gasteiger partial charge >= 0.3 is 0 Å². The molecule has 0 unspecified atom stereocenters. The second kappa shape index (κ2) is 4.56. The fourth-order valence-corrected chi connectivity index (χ4v) is 1.52. The monoisotopic (exact) mass is 250 g/mol. The molecule has 0 atom stereocenters. The minimum absolute atomic E-state index is 0.321. The van der Waals surface area contributed by atoms with Gasteiger partial charge in [-0.1, -0.05) is 15.9 Å². The van der Waals surface area contributed by atoms with Crippen LogP contribution in [0.3, 0.4) is 0 Å². The molecule has 0 amide bonds. The molecule has 0 saturated carbocycles. The maximum absolute atomic E-state index is 13.1. The number of ether oxygens (including phenoxy) is 1. The SMILES string of the molecule is COc1c(F)cc(CCBr)cc1F. The maximum Gasteiger partial charge on any atom is 0.190 e. The average Bonchev–Trinajstić information content (AvgIpc) is 2.04. The number of rotatable bonds is 3. The van der Waals surface area contributed by atoms with Crippen molar-refractivity contribution in [2.24, 2.45) is 0 Å². The number of hydrogen-bond donors (Lipinski definition) is 0. The summed E-state index contributed by atoms with van der Waals surface area (Å²) in [5, 5.41) is 0.679. The first-order valence-corrected chi connectivity index (χ1v) is 4.89. The topological polar surface area (TPSA) is 9.23 Å². The predicted octanol–water partition coefficient (Wildman–Crippen LogP) is 2.91. The van der Waals surface area contributed by atoms with Crippen LogP contribution in [0.5, 0.6) is 5.75 Å². The first kappa shape index (κ1) is 10.4. The van der Waals surface area contributed by atoms with Crippen molar-refractivity contribution in [3.05, 3.63) is 29.3 Å². The number of hydrogen-bond acceptors (Lipinski definition) is 1. The van der Waals surface area contributed by atoms with Crippen molar-refractivity contribution < 1.29 is 13.5 Å². The van der Waals surface area contributed by atoms with E-state index in [1.807, 2.05) is 0 Å². The molecular weight excluding hydrogens is 242 g/mol. The summed E-state index contributed by atoms with van der Waals surface area (Å²) in [6, 6.07) is 2.56. The highest BCUT2D eigenvalue weighted by Crippen LogP contribution is 2.23. The van der Waals surface area contributed by atoms with Gasteiger partial charge in [-0.2, -0.15) is 0 Å². The summed E-state index contributed by atoms with van der Waals surface area (Å²) in [7, 11) is 1.24. The third-order valence-corrected chi connectivity index (χ3v) is 2.04. The molecule has 4 heteroatoms. The van der Waals surface area contributed by atoms with Crippen molar-refractivity contribution in [2.75, 3.05) is 12.4 Å². The third kappa shape index (κ3) is 2.40. The Bertz CT molecular complexity index is 279. The van der Waals surface area contributed by atoms with E-state index in [0.717, 1.165) is 0 Å². The van der Waals surface area contributed by atoms with Gasteiger partial charge in [-0.25, -0.2) is 8.78 Å². The van der Waals surface area contributed by atoms with Crippen LogP contribution >= 0.6 is 15.9 Å². The second-order valence-corrected chi connectivity index (χ2v) is 3.32. The zero-order chi connectivity index (χ0) is 9.84. The lowest BCUT2D eigenvalue weighted by atomic mass is 10.1. The highest BCUT2D eigenvalue weighted by atomic mass is 79.9. The van der Waals surface area contributed by atoms with Crippen molar-refractivity contribution in [3.63, 3.8) is 0 Å². The van der Waals surface area contributed by atoms with E-state index in [-0.39, 0.29) is 5.75 Å². The lowest BCUT2D eigenvalue weighted by Gasteiger charge is -2.05. The van der Waals surface area contributed by atoms with E-state index in [0.29, 0.717) is 17.3 Å². The Hall–Kier alpha value is -0.640. The van der Waals surface area contributed by atoms with Crippen molar-refractivity contribution in [2.45, 2.75) is 6.42 Å². The molecule has 0 aliphatic heterocycles. The summed E-state index contributed by atoms with van der Waals surface area (Å²) in [6.07, 6.45) is 0.595. The van der Waals surface area contributed by atoms with E-state index in [1.165, 1.54) is 19.2 Å². The highest BCUT2D eigenvalue weighted by Gasteiger charge is 2.10. The second-order valence-electron chi connectivity index (χ2n) is 2.53. The Morgan fingerprint density at radius 1 is 1.31 bits per heavy atom. The predicted molar refractivity (Wildman–Crippen MR) is 50.4 cm³/mol. The molecule has 0 aliphatic carbocycles. The molecule has 0 fully saturated rings. The molecule has 0 N–H and O–H groups in total. The molecule has 0 bridgehead atoms. The summed E-state index contributed by atoms with van der Waals surface area (Å²) in [6.45, 7) is 0. The molecule has 0 aliphatic rings. The molecule has 0 radical (unpaired) electrons. The Morgan fingerprint density at radius 2 is 1.85 bits per heavy atom. The summed E-state index contributed by atoms with van der Waals surface area (Å²) in [5.41, 5.74) is 0.618. The number of aryl methyl sites for hydroxylation is 1. The van der Waals surface area contributed by atoms with Crippen LogP contribution < -0.4 is 4.74 Å². The van der Waals surface area contributed by atoms with Crippen molar-refractivity contribution >= 4 is 15.9 Å². The molecular formula is C9H9BrF2O. The van der Waals surface area contributed by atoms with Crippen LogP contribution in [-0.4, -0.2) is 12.4 Å². The largest absolute Gasteiger partial charge is 0.491 e. The van der Waals surface area contributed by atoms with Gasteiger partial charge in [0, 0.05) is 5.33 Å². The van der Waals surface area contributed by atoms with Crippen LogP contribution in [0.25, 0.3) is 0 Å². The summed E-state index contributed by atoms with van der Waals surface area (Å²) >= 11 is 3.19. The molecule has 13 heavy (non-hydrogen) atoms. The standard InChI is InChI=1S/C9H9BrF2O/c1-13-9-7(11)4-6(2-3-10)5-8(9)12/h4-5H,2-3H2,1H3. The minimum atomic E-state index is -0.654. The normalized spacial score (nSPS) is 10.2. The van der Waals surface area contributed by atoms with Gasteiger partial charge in [-0.3, -0.25) is 0 Å². The smallest absolute Gasteiger partial charge is 0.190 e. The fraction of sp³-hybridized carbons (Fsp3) is 0.333. The molecule has 1 aromatic carbocycles. The quantitative estimate of drug-likeness (QED) is 0.750. The van der Waals surface area contributed by atoms with E-state index in [1.54, 1.807) is 0 Å². The zero-order valence-corrected chi connectivity index (χ0v) is 8.70. The van der Waals surface area contributed by atoms with E-state index in [2.05, 4.69) is 20.7 Å². The van der Waals surface area contributed by atoms with Gasteiger partial charge < -0.3 is 4.74 Å². The molecule has 1 rings (SSSR count). The Morgan fingerprint density at radius 3 is 2.23 bits per heavy atom. The van der Waals surface area contributed by atoms with Crippen LogP contribution in [0.1, 0.15) is 5.56 Å². The number of alkyl halides is 1. The number of benzene rings is 1. The number of methoxy groups -OCH3 is 1. The van der Waals surface area contributed by atoms with Crippen molar-refractivity contribution in [1.29, 1.82) is 0 Å². The van der Waals surface area contributed by atoms with Crippen LogP contribution in [0.4, 0.5) is 8.78 Å². The lowest BCUT2D eigenvalue weighted by molar-refractivity contribution is 0.359. The van der Waals surface area contributed by atoms with Gasteiger partial charge in [0.1, 0.15) is 0 Å². The molecule has 72 valence electrons. The Balaban J connectivity index is 3.05. The first-order valence-electron chi connectivity index (χ1n) is 3.77. The van der Waals surface area contributed by atoms with E-state index < -0.39 is 11.6 Å². The Kier molecular flexibility index (Phi) is 3.66. The van der Waals surface area contributed by atoms with E-state index in [4.69, 9.17) is 0 Å².